The maximum absolute atomic E-state index is 5.74. The Hall–Kier alpha value is -0.980. The highest BCUT2D eigenvalue weighted by Gasteiger charge is 2.22. The van der Waals surface area contributed by atoms with Gasteiger partial charge in [0, 0.05) is 0 Å². The van der Waals surface area contributed by atoms with Crippen LogP contribution in [0.25, 0.3) is 0 Å². The Bertz CT molecular complexity index is 286. The van der Waals surface area contributed by atoms with Crippen LogP contribution in [-0.4, -0.2) is 6.61 Å². The molecular formula is C15H24O. The van der Waals surface area contributed by atoms with E-state index in [0.29, 0.717) is 5.41 Å². The van der Waals surface area contributed by atoms with Gasteiger partial charge in [0.2, 0.25) is 0 Å². The van der Waals surface area contributed by atoms with Gasteiger partial charge in [0.1, 0.15) is 5.76 Å². The summed E-state index contributed by atoms with van der Waals surface area (Å²) >= 11 is 0. The van der Waals surface area contributed by atoms with E-state index in [1.165, 1.54) is 19.3 Å². The first-order valence-electron chi connectivity index (χ1n) is 6.30. The first-order valence-corrected chi connectivity index (χ1v) is 6.30. The third-order valence-corrected chi connectivity index (χ3v) is 3.20. The molecular weight excluding hydrogens is 196 g/mol. The summed E-state index contributed by atoms with van der Waals surface area (Å²) in [5, 5.41) is 0. The molecule has 0 aromatic heterocycles. The minimum Gasteiger partial charge on any atom is -0.494 e. The standard InChI is InChI=1S/C15H24O/c1-4-9-14(5-2)16-13-12-15(3)10-7-6-8-11-15/h4-5,7,9-10H,6,8,11-13H2,1-3H3/b9-4-,14-5+. The van der Waals surface area contributed by atoms with Gasteiger partial charge in [-0.1, -0.05) is 25.2 Å². The van der Waals surface area contributed by atoms with Crippen LogP contribution in [0.2, 0.25) is 0 Å². The molecule has 0 amide bonds. The van der Waals surface area contributed by atoms with Crippen molar-refractivity contribution < 1.29 is 4.74 Å². The van der Waals surface area contributed by atoms with Crippen molar-refractivity contribution >= 4 is 0 Å². The van der Waals surface area contributed by atoms with Crippen molar-refractivity contribution in [3.05, 3.63) is 36.1 Å². The van der Waals surface area contributed by atoms with E-state index in [4.69, 9.17) is 4.74 Å². The predicted molar refractivity (Wildman–Crippen MR) is 70.2 cm³/mol. The summed E-state index contributed by atoms with van der Waals surface area (Å²) in [7, 11) is 0. The van der Waals surface area contributed by atoms with Gasteiger partial charge < -0.3 is 4.74 Å². The molecule has 1 rings (SSSR count). The molecule has 90 valence electrons. The minimum atomic E-state index is 0.354. The van der Waals surface area contributed by atoms with Crippen LogP contribution >= 0.6 is 0 Å². The Labute approximate surface area is 99.9 Å². The lowest BCUT2D eigenvalue weighted by Crippen LogP contribution is -2.18. The Kier molecular flexibility index (Phi) is 5.37. The van der Waals surface area contributed by atoms with Crippen LogP contribution in [0.4, 0.5) is 0 Å². The number of hydrogen-bond donors (Lipinski definition) is 0. The number of allylic oxidation sites excluding steroid dienone is 5. The minimum absolute atomic E-state index is 0.354. The lowest BCUT2D eigenvalue weighted by atomic mass is 9.78. The summed E-state index contributed by atoms with van der Waals surface area (Å²) in [6, 6.07) is 0. The molecule has 0 aromatic carbocycles. The molecule has 1 aliphatic carbocycles. The van der Waals surface area contributed by atoms with Crippen molar-refractivity contribution in [2.75, 3.05) is 6.61 Å². The summed E-state index contributed by atoms with van der Waals surface area (Å²) in [5.74, 6) is 0.978. The fraction of sp³-hybridized carbons (Fsp3) is 0.600. The highest BCUT2D eigenvalue weighted by Crippen LogP contribution is 2.33. The van der Waals surface area contributed by atoms with Crippen molar-refractivity contribution in [3.63, 3.8) is 0 Å². The van der Waals surface area contributed by atoms with E-state index in [9.17, 15) is 0 Å². The Morgan fingerprint density at radius 3 is 2.81 bits per heavy atom. The van der Waals surface area contributed by atoms with Gasteiger partial charge in [-0.3, -0.25) is 0 Å². The van der Waals surface area contributed by atoms with E-state index in [0.717, 1.165) is 18.8 Å². The maximum Gasteiger partial charge on any atom is 0.114 e. The second kappa shape index (κ2) is 6.57. The predicted octanol–water partition coefficient (Wildman–Crippen LogP) is 4.62. The van der Waals surface area contributed by atoms with Gasteiger partial charge >= 0.3 is 0 Å². The molecule has 0 spiro atoms. The molecule has 0 radical (unpaired) electrons. The quantitative estimate of drug-likeness (QED) is 0.373. The van der Waals surface area contributed by atoms with Crippen molar-refractivity contribution in [2.45, 2.75) is 46.5 Å². The molecule has 0 fully saturated rings. The fourth-order valence-electron chi connectivity index (χ4n) is 2.08. The summed E-state index contributed by atoms with van der Waals surface area (Å²) in [5.41, 5.74) is 0.354. The molecule has 1 atom stereocenters. The SMILES string of the molecule is C/C=C\C(=C/C)OCCC1(C)C=CCCC1. The van der Waals surface area contributed by atoms with E-state index in [1.807, 2.05) is 32.1 Å². The first-order chi connectivity index (χ1) is 7.70. The molecule has 0 aromatic rings. The summed E-state index contributed by atoms with van der Waals surface area (Å²) in [6.45, 7) is 7.16. The lowest BCUT2D eigenvalue weighted by molar-refractivity contribution is 0.175. The zero-order valence-electron chi connectivity index (χ0n) is 10.8. The molecule has 1 heteroatoms. The van der Waals surface area contributed by atoms with Crippen LogP contribution in [0.5, 0.6) is 0 Å². The van der Waals surface area contributed by atoms with Gasteiger partial charge in [0.05, 0.1) is 6.61 Å². The molecule has 0 heterocycles. The summed E-state index contributed by atoms with van der Waals surface area (Å²) in [6.07, 6.45) is 15.7. The van der Waals surface area contributed by atoms with Crippen molar-refractivity contribution in [2.24, 2.45) is 5.41 Å². The topological polar surface area (TPSA) is 9.23 Å². The monoisotopic (exact) mass is 220 g/mol. The lowest BCUT2D eigenvalue weighted by Gasteiger charge is -2.28. The van der Waals surface area contributed by atoms with E-state index in [2.05, 4.69) is 19.1 Å². The van der Waals surface area contributed by atoms with E-state index >= 15 is 0 Å². The molecule has 0 bridgehead atoms. The highest BCUT2D eigenvalue weighted by atomic mass is 16.5. The molecule has 16 heavy (non-hydrogen) atoms. The zero-order valence-corrected chi connectivity index (χ0v) is 10.8. The third-order valence-electron chi connectivity index (χ3n) is 3.20. The van der Waals surface area contributed by atoms with E-state index in [1.54, 1.807) is 0 Å². The van der Waals surface area contributed by atoms with Crippen LogP contribution in [0.15, 0.2) is 36.1 Å². The van der Waals surface area contributed by atoms with Gasteiger partial charge in [0.25, 0.3) is 0 Å². The summed E-state index contributed by atoms with van der Waals surface area (Å²) < 4.78 is 5.74. The molecule has 0 saturated heterocycles. The molecule has 0 aliphatic heterocycles. The van der Waals surface area contributed by atoms with Gasteiger partial charge in [-0.05, 0) is 57.1 Å². The van der Waals surface area contributed by atoms with E-state index in [-0.39, 0.29) is 0 Å². The Morgan fingerprint density at radius 1 is 1.44 bits per heavy atom. The first kappa shape index (κ1) is 13.1. The average molecular weight is 220 g/mol. The zero-order chi connectivity index (χ0) is 11.9. The van der Waals surface area contributed by atoms with Crippen LogP contribution < -0.4 is 0 Å². The van der Waals surface area contributed by atoms with Gasteiger partial charge in [-0.2, -0.15) is 0 Å². The van der Waals surface area contributed by atoms with Crippen LogP contribution in [0, 0.1) is 5.41 Å². The Morgan fingerprint density at radius 2 is 2.25 bits per heavy atom. The number of hydrogen-bond acceptors (Lipinski definition) is 1. The van der Waals surface area contributed by atoms with Crippen LogP contribution in [0.1, 0.15) is 46.5 Å². The molecule has 1 unspecified atom stereocenters. The highest BCUT2D eigenvalue weighted by molar-refractivity contribution is 5.10. The molecule has 0 saturated carbocycles. The van der Waals surface area contributed by atoms with Crippen LogP contribution in [0.3, 0.4) is 0 Å². The van der Waals surface area contributed by atoms with Crippen LogP contribution in [-0.2, 0) is 4.74 Å². The smallest absolute Gasteiger partial charge is 0.114 e. The van der Waals surface area contributed by atoms with E-state index < -0.39 is 0 Å². The fourth-order valence-corrected chi connectivity index (χ4v) is 2.08. The van der Waals surface area contributed by atoms with Gasteiger partial charge in [-0.15, -0.1) is 0 Å². The normalized spacial score (nSPS) is 26.3. The van der Waals surface area contributed by atoms with Gasteiger partial charge in [0.15, 0.2) is 0 Å². The summed E-state index contributed by atoms with van der Waals surface area (Å²) in [4.78, 5) is 0. The third kappa shape index (κ3) is 4.26. The molecule has 1 aliphatic rings. The second-order valence-electron chi connectivity index (χ2n) is 4.74. The number of rotatable bonds is 5. The second-order valence-corrected chi connectivity index (χ2v) is 4.74. The van der Waals surface area contributed by atoms with Crippen molar-refractivity contribution in [3.8, 4) is 0 Å². The Balaban J connectivity index is 2.34. The van der Waals surface area contributed by atoms with Gasteiger partial charge in [-0.25, -0.2) is 0 Å². The number of ether oxygens (including phenoxy) is 1. The van der Waals surface area contributed by atoms with Crippen molar-refractivity contribution in [1.29, 1.82) is 0 Å². The van der Waals surface area contributed by atoms with Crippen molar-refractivity contribution in [1.82, 2.24) is 0 Å². The molecule has 0 N–H and O–H groups in total. The largest absolute Gasteiger partial charge is 0.494 e. The molecule has 1 nitrogen and oxygen atoms in total. The maximum atomic E-state index is 5.74. The average Bonchev–Trinajstić information content (AvgIpc) is 2.29.